The van der Waals surface area contributed by atoms with E-state index in [0.29, 0.717) is 23.7 Å². The molecule has 1 aromatic heterocycles. The molecule has 1 aliphatic rings. The van der Waals surface area contributed by atoms with Crippen LogP contribution in [0.1, 0.15) is 41.6 Å². The molecule has 1 aliphatic heterocycles. The first-order chi connectivity index (χ1) is 17.9. The van der Waals surface area contributed by atoms with Crippen molar-refractivity contribution in [2.24, 2.45) is 5.92 Å². The highest BCUT2D eigenvalue weighted by atomic mass is 35.5. The number of aliphatic hydroxyl groups excluding tert-OH is 1. The molecule has 210 valence electrons. The molecule has 1 unspecified atom stereocenters. The zero-order valence-electron chi connectivity index (χ0n) is 21.6. The number of ether oxygens (including phenoxy) is 1. The summed E-state index contributed by atoms with van der Waals surface area (Å²) in [6, 6.07) is 8.39. The Morgan fingerprint density at radius 2 is 1.95 bits per heavy atom. The maximum atomic E-state index is 13.8. The number of pyridine rings is 1. The largest absolute Gasteiger partial charge is 0.497 e. The number of piperidine rings is 1. The summed E-state index contributed by atoms with van der Waals surface area (Å²) in [5, 5.41) is 23.5. The molecule has 1 fully saturated rings. The Kier molecular flexibility index (Phi) is 9.85. The third-order valence-electron chi connectivity index (χ3n) is 6.87. The summed E-state index contributed by atoms with van der Waals surface area (Å²) in [4.78, 5) is 20.1. The van der Waals surface area contributed by atoms with Gasteiger partial charge in [0, 0.05) is 32.7 Å². The molecule has 1 aromatic carbocycles. The fourth-order valence-electron chi connectivity index (χ4n) is 4.57. The van der Waals surface area contributed by atoms with Crippen molar-refractivity contribution < 1.29 is 32.9 Å². The molecule has 2 heterocycles. The normalized spacial score (nSPS) is 17.1. The molecular formula is C26H34ClF3N4O4. The van der Waals surface area contributed by atoms with Gasteiger partial charge in [0.15, 0.2) is 0 Å². The predicted molar refractivity (Wildman–Crippen MR) is 138 cm³/mol. The number of carbonyl (C=O) groups is 1. The second kappa shape index (κ2) is 12.5. The van der Waals surface area contributed by atoms with Crippen molar-refractivity contribution in [1.29, 1.82) is 0 Å². The summed E-state index contributed by atoms with van der Waals surface area (Å²) in [5.74, 6) is 0.968. The number of aliphatic hydroxyl groups is 2. The number of alkyl halides is 3. The zero-order valence-corrected chi connectivity index (χ0v) is 22.4. The molecule has 0 bridgehead atoms. The van der Waals surface area contributed by atoms with E-state index >= 15 is 0 Å². The van der Waals surface area contributed by atoms with Crippen molar-refractivity contribution in [2.45, 2.75) is 43.7 Å². The van der Waals surface area contributed by atoms with Crippen LogP contribution in [-0.2, 0) is 5.60 Å². The Hall–Kier alpha value is -2.60. The van der Waals surface area contributed by atoms with Gasteiger partial charge >= 0.3 is 6.18 Å². The molecule has 2 aromatic rings. The van der Waals surface area contributed by atoms with Crippen LogP contribution >= 0.6 is 11.6 Å². The van der Waals surface area contributed by atoms with Crippen LogP contribution in [0.15, 0.2) is 36.4 Å². The van der Waals surface area contributed by atoms with Crippen LogP contribution < -0.4 is 15.0 Å². The van der Waals surface area contributed by atoms with E-state index in [9.17, 15) is 28.2 Å². The molecule has 0 saturated carbocycles. The Morgan fingerprint density at radius 1 is 1.26 bits per heavy atom. The first-order valence-corrected chi connectivity index (χ1v) is 12.7. The first kappa shape index (κ1) is 29.9. The number of carbonyl (C=O) groups excluding carboxylic acids is 1. The number of aromatic nitrogens is 1. The van der Waals surface area contributed by atoms with Gasteiger partial charge in [0.2, 0.25) is 5.60 Å². The molecular weight excluding hydrogens is 525 g/mol. The van der Waals surface area contributed by atoms with Gasteiger partial charge in [-0.3, -0.25) is 10.1 Å². The van der Waals surface area contributed by atoms with Crippen LogP contribution in [0.25, 0.3) is 0 Å². The van der Waals surface area contributed by atoms with Crippen LogP contribution in [0.2, 0.25) is 5.15 Å². The average molecular weight is 559 g/mol. The quantitative estimate of drug-likeness (QED) is 0.232. The Bertz CT molecular complexity index is 1100. The number of hydrogen-bond donors (Lipinski definition) is 3. The lowest BCUT2D eigenvalue weighted by Gasteiger charge is -2.36. The van der Waals surface area contributed by atoms with E-state index in [1.165, 1.54) is 24.1 Å². The highest BCUT2D eigenvalue weighted by molar-refractivity contribution is 6.32. The third kappa shape index (κ3) is 6.69. The summed E-state index contributed by atoms with van der Waals surface area (Å²) in [6.45, 7) is 1.56. The highest BCUT2D eigenvalue weighted by Crippen LogP contribution is 2.42. The topological polar surface area (TPSA) is 98.2 Å². The summed E-state index contributed by atoms with van der Waals surface area (Å²) < 4.78 is 46.5. The Labute approximate surface area is 225 Å². The third-order valence-corrected chi connectivity index (χ3v) is 7.16. The van der Waals surface area contributed by atoms with Gasteiger partial charge in [-0.2, -0.15) is 13.2 Å². The van der Waals surface area contributed by atoms with E-state index in [0.717, 1.165) is 44.5 Å². The number of anilines is 1. The summed E-state index contributed by atoms with van der Waals surface area (Å²) in [7, 11) is 4.59. The van der Waals surface area contributed by atoms with Gasteiger partial charge < -0.3 is 24.7 Å². The number of benzene rings is 1. The number of methoxy groups -OCH3 is 1. The fraction of sp³-hybridized carbons (Fsp3) is 0.538. The van der Waals surface area contributed by atoms with E-state index in [1.807, 2.05) is 0 Å². The number of nitrogens with one attached hydrogen (secondary N) is 1. The smallest absolute Gasteiger partial charge is 0.425 e. The summed E-state index contributed by atoms with van der Waals surface area (Å²) >= 11 is 6.23. The number of nitrogens with zero attached hydrogens (tertiary/aromatic N) is 3. The molecule has 0 radical (unpaired) electrons. The SMILES string of the molecule is COc1cccc([C@@](O)(C(O)NCCCC2CCN(c3ccc(C(=O)N(C)C)c(Cl)n3)CC2)C(F)(F)F)c1. The van der Waals surface area contributed by atoms with Gasteiger partial charge in [0.25, 0.3) is 5.91 Å². The average Bonchev–Trinajstić information content (AvgIpc) is 2.89. The van der Waals surface area contributed by atoms with Gasteiger partial charge in [0.05, 0.1) is 12.7 Å². The van der Waals surface area contributed by atoms with Gasteiger partial charge in [0.1, 0.15) is 22.9 Å². The van der Waals surface area contributed by atoms with Gasteiger partial charge in [-0.15, -0.1) is 0 Å². The van der Waals surface area contributed by atoms with Crippen molar-refractivity contribution in [3.63, 3.8) is 0 Å². The minimum absolute atomic E-state index is 0.0995. The van der Waals surface area contributed by atoms with Crippen molar-refractivity contribution in [1.82, 2.24) is 15.2 Å². The van der Waals surface area contributed by atoms with Gasteiger partial charge in [-0.05, 0) is 62.4 Å². The maximum Gasteiger partial charge on any atom is 0.425 e. The Morgan fingerprint density at radius 3 is 2.53 bits per heavy atom. The van der Waals surface area contributed by atoms with Crippen molar-refractivity contribution >= 4 is 23.3 Å². The molecule has 0 aliphatic carbocycles. The van der Waals surface area contributed by atoms with Gasteiger partial charge in [-0.1, -0.05) is 23.7 Å². The van der Waals surface area contributed by atoms with Crippen LogP contribution in [0, 0.1) is 5.92 Å². The van der Waals surface area contributed by atoms with Crippen molar-refractivity contribution in [3.05, 3.63) is 52.7 Å². The molecule has 12 heteroatoms. The Balaban J connectivity index is 1.50. The van der Waals surface area contributed by atoms with Crippen LogP contribution in [0.5, 0.6) is 5.75 Å². The van der Waals surface area contributed by atoms with E-state index in [-0.39, 0.29) is 23.4 Å². The second-order valence-corrected chi connectivity index (χ2v) is 9.99. The molecule has 38 heavy (non-hydrogen) atoms. The van der Waals surface area contributed by atoms with Crippen LogP contribution in [0.3, 0.4) is 0 Å². The van der Waals surface area contributed by atoms with Gasteiger partial charge in [-0.25, -0.2) is 4.98 Å². The van der Waals surface area contributed by atoms with E-state index in [2.05, 4.69) is 15.2 Å². The van der Waals surface area contributed by atoms with E-state index in [1.54, 1.807) is 26.2 Å². The van der Waals surface area contributed by atoms with E-state index in [4.69, 9.17) is 16.3 Å². The molecule has 3 rings (SSSR count). The molecule has 8 nitrogen and oxygen atoms in total. The van der Waals surface area contributed by atoms with Crippen LogP contribution in [0.4, 0.5) is 19.0 Å². The number of hydrogen-bond acceptors (Lipinski definition) is 7. The second-order valence-electron chi connectivity index (χ2n) is 9.63. The number of amides is 1. The monoisotopic (exact) mass is 558 g/mol. The van der Waals surface area contributed by atoms with Crippen LogP contribution in [-0.4, -0.2) is 79.2 Å². The molecule has 0 spiro atoms. The summed E-state index contributed by atoms with van der Waals surface area (Å²) in [6.07, 6.45) is -4.38. The van der Waals surface area contributed by atoms with E-state index < -0.39 is 23.6 Å². The fourth-order valence-corrected chi connectivity index (χ4v) is 4.80. The minimum atomic E-state index is -5.12. The number of halogens is 4. The summed E-state index contributed by atoms with van der Waals surface area (Å²) in [5.41, 5.74) is -3.66. The lowest BCUT2D eigenvalue weighted by molar-refractivity contribution is -0.302. The molecule has 3 N–H and O–H groups in total. The minimum Gasteiger partial charge on any atom is -0.497 e. The molecule has 2 atom stereocenters. The predicted octanol–water partition coefficient (Wildman–Crippen LogP) is 3.80. The number of rotatable bonds is 10. The zero-order chi connectivity index (χ0) is 28.1. The standard InChI is InChI=1S/C26H34ClF3N4O4/c1-33(2)23(35)20-9-10-21(32-22(20)27)34-14-11-17(12-15-34)6-5-13-31-24(36)25(37,26(28,29)30)18-7-4-8-19(16-18)38-3/h4,7-10,16-17,24,31,36-37H,5-6,11-15H2,1-3H3/t24?,25-/m1/s1. The lowest BCUT2D eigenvalue weighted by atomic mass is 9.90. The maximum absolute atomic E-state index is 13.8. The highest BCUT2D eigenvalue weighted by Gasteiger charge is 2.60. The van der Waals surface area contributed by atoms with Crippen molar-refractivity contribution in [2.75, 3.05) is 45.7 Å². The lowest BCUT2D eigenvalue weighted by Crippen LogP contribution is -2.57. The molecule has 1 saturated heterocycles. The first-order valence-electron chi connectivity index (χ1n) is 12.4. The molecule has 1 amide bonds. The van der Waals surface area contributed by atoms with Crippen molar-refractivity contribution in [3.8, 4) is 5.75 Å².